The van der Waals surface area contributed by atoms with Crippen LogP contribution in [0.3, 0.4) is 0 Å². The van der Waals surface area contributed by atoms with Gasteiger partial charge in [-0.1, -0.05) is 6.07 Å². The van der Waals surface area contributed by atoms with Gasteiger partial charge in [0.1, 0.15) is 0 Å². The van der Waals surface area contributed by atoms with Crippen LogP contribution in [0.4, 0.5) is 0 Å². The first-order chi connectivity index (χ1) is 8.81. The third-order valence-electron chi connectivity index (χ3n) is 3.77. The van der Waals surface area contributed by atoms with Gasteiger partial charge >= 0.3 is 0 Å². The van der Waals surface area contributed by atoms with E-state index in [1.165, 1.54) is 24.1 Å². The van der Waals surface area contributed by atoms with Gasteiger partial charge in [0.2, 0.25) is 0 Å². The smallest absolute Gasteiger partial charge is 0.0580 e. The Balaban J connectivity index is 1.64. The van der Waals surface area contributed by atoms with Crippen molar-refractivity contribution in [3.05, 3.63) is 22.4 Å². The topological polar surface area (TPSA) is 47.3 Å². The number of aryl methyl sites for hydroxylation is 1. The van der Waals surface area contributed by atoms with Crippen LogP contribution in [0.2, 0.25) is 0 Å². The lowest BCUT2D eigenvalue weighted by Crippen LogP contribution is -2.41. The van der Waals surface area contributed by atoms with Gasteiger partial charge in [-0.3, -0.25) is 11.3 Å². The molecule has 1 heterocycles. The zero-order valence-electron chi connectivity index (χ0n) is 11.1. The zero-order chi connectivity index (χ0) is 12.8. The average Bonchev–Trinajstić information content (AvgIpc) is 2.84. The molecule has 0 aliphatic heterocycles. The van der Waals surface area contributed by atoms with E-state index in [0.717, 1.165) is 25.4 Å². The number of hydrazine groups is 1. The molecule has 102 valence electrons. The molecule has 4 heteroatoms. The Hall–Kier alpha value is -0.420. The molecule has 3 N–H and O–H groups in total. The number of rotatable bonds is 8. The molecule has 0 spiro atoms. The number of ether oxygens (including phenoxy) is 1. The lowest BCUT2D eigenvalue weighted by atomic mass is 9.77. The van der Waals surface area contributed by atoms with Crippen molar-refractivity contribution in [1.29, 1.82) is 0 Å². The number of thiophene rings is 1. The summed E-state index contributed by atoms with van der Waals surface area (Å²) in [5.41, 5.74) is 2.97. The average molecular weight is 268 g/mol. The molecule has 18 heavy (non-hydrogen) atoms. The molecule has 1 saturated carbocycles. The summed E-state index contributed by atoms with van der Waals surface area (Å²) in [5, 5.41) is 2.14. The quantitative estimate of drug-likeness (QED) is 0.563. The molecule has 0 radical (unpaired) electrons. The molecular formula is C14H24N2OS. The standard InChI is InChI=1S/C14H24N2OS/c1-2-17-13-9-11(10-13)8-12(16-15)5-6-14-4-3-7-18-14/h3-4,7,11-13,16H,2,5-6,8-10,15H2,1H3. The SMILES string of the molecule is CCOC1CC(CC(CCc2cccs2)NN)C1. The lowest BCUT2D eigenvalue weighted by molar-refractivity contribution is -0.0292. The number of nitrogens with two attached hydrogens (primary N) is 1. The van der Waals surface area contributed by atoms with E-state index in [4.69, 9.17) is 10.6 Å². The minimum absolute atomic E-state index is 0.444. The number of nitrogens with one attached hydrogen (secondary N) is 1. The molecule has 1 fully saturated rings. The Labute approximate surface area is 114 Å². The van der Waals surface area contributed by atoms with Gasteiger partial charge in [0, 0.05) is 17.5 Å². The monoisotopic (exact) mass is 268 g/mol. The number of hydrogen-bond acceptors (Lipinski definition) is 4. The van der Waals surface area contributed by atoms with Crippen molar-refractivity contribution in [2.24, 2.45) is 11.8 Å². The molecule has 2 rings (SSSR count). The summed E-state index contributed by atoms with van der Waals surface area (Å²) >= 11 is 1.83. The first-order valence-electron chi connectivity index (χ1n) is 6.92. The summed E-state index contributed by atoms with van der Waals surface area (Å²) in [7, 11) is 0. The van der Waals surface area contributed by atoms with Crippen LogP contribution in [0.25, 0.3) is 0 Å². The molecule has 1 aliphatic rings. The van der Waals surface area contributed by atoms with Gasteiger partial charge in [0.25, 0.3) is 0 Å². The van der Waals surface area contributed by atoms with Crippen LogP contribution in [0.1, 0.15) is 37.5 Å². The van der Waals surface area contributed by atoms with Crippen molar-refractivity contribution in [2.75, 3.05) is 6.61 Å². The van der Waals surface area contributed by atoms with Crippen LogP contribution >= 0.6 is 11.3 Å². The van der Waals surface area contributed by atoms with Gasteiger partial charge in [0.05, 0.1) is 6.10 Å². The molecule has 1 unspecified atom stereocenters. The molecule has 0 saturated heterocycles. The van der Waals surface area contributed by atoms with Crippen molar-refractivity contribution >= 4 is 11.3 Å². The second-order valence-electron chi connectivity index (χ2n) is 5.13. The summed E-state index contributed by atoms with van der Waals surface area (Å²) in [6.07, 6.45) is 6.39. The van der Waals surface area contributed by atoms with Gasteiger partial charge in [-0.25, -0.2) is 0 Å². The first kappa shape index (κ1) is 14.0. The summed E-state index contributed by atoms with van der Waals surface area (Å²) < 4.78 is 5.59. The molecule has 1 aromatic rings. The van der Waals surface area contributed by atoms with Crippen molar-refractivity contribution in [3.8, 4) is 0 Å². The Bertz CT molecular complexity index is 323. The minimum atomic E-state index is 0.444. The van der Waals surface area contributed by atoms with E-state index >= 15 is 0 Å². The van der Waals surface area contributed by atoms with Gasteiger partial charge in [-0.15, -0.1) is 11.3 Å². The Kier molecular flexibility index (Phi) is 5.63. The van der Waals surface area contributed by atoms with Crippen LogP contribution in [0.5, 0.6) is 0 Å². The Morgan fingerprint density at radius 1 is 1.56 bits per heavy atom. The van der Waals surface area contributed by atoms with Crippen molar-refractivity contribution in [3.63, 3.8) is 0 Å². The maximum absolute atomic E-state index is 5.65. The summed E-state index contributed by atoms with van der Waals surface area (Å²) in [6, 6.07) is 4.76. The molecule has 1 aromatic heterocycles. The van der Waals surface area contributed by atoms with Gasteiger partial charge in [0.15, 0.2) is 0 Å². The predicted molar refractivity (Wildman–Crippen MR) is 76.5 cm³/mol. The van der Waals surface area contributed by atoms with Crippen LogP contribution in [-0.2, 0) is 11.2 Å². The first-order valence-corrected chi connectivity index (χ1v) is 7.79. The van der Waals surface area contributed by atoms with Gasteiger partial charge in [-0.2, -0.15) is 0 Å². The second kappa shape index (κ2) is 7.24. The van der Waals surface area contributed by atoms with E-state index < -0.39 is 0 Å². The molecule has 1 aliphatic carbocycles. The predicted octanol–water partition coefficient (Wildman–Crippen LogP) is 2.72. The maximum atomic E-state index is 5.65. The van der Waals surface area contributed by atoms with E-state index in [1.807, 2.05) is 11.3 Å². The third-order valence-corrected chi connectivity index (χ3v) is 4.70. The fourth-order valence-electron chi connectivity index (χ4n) is 2.68. The van der Waals surface area contributed by atoms with Crippen LogP contribution < -0.4 is 11.3 Å². The van der Waals surface area contributed by atoms with E-state index in [0.29, 0.717) is 12.1 Å². The van der Waals surface area contributed by atoms with Gasteiger partial charge < -0.3 is 4.74 Å². The van der Waals surface area contributed by atoms with E-state index in [-0.39, 0.29) is 0 Å². The Morgan fingerprint density at radius 3 is 3.00 bits per heavy atom. The summed E-state index contributed by atoms with van der Waals surface area (Å²) in [5.74, 6) is 6.45. The highest BCUT2D eigenvalue weighted by atomic mass is 32.1. The lowest BCUT2D eigenvalue weighted by Gasteiger charge is -2.36. The van der Waals surface area contributed by atoms with E-state index in [9.17, 15) is 0 Å². The Morgan fingerprint density at radius 2 is 2.39 bits per heavy atom. The van der Waals surface area contributed by atoms with Crippen molar-refractivity contribution < 1.29 is 4.74 Å². The van der Waals surface area contributed by atoms with Crippen LogP contribution in [0, 0.1) is 5.92 Å². The normalized spacial score (nSPS) is 24.8. The molecular weight excluding hydrogens is 244 g/mol. The fraction of sp³-hybridized carbons (Fsp3) is 0.714. The number of hydrogen-bond donors (Lipinski definition) is 2. The highest BCUT2D eigenvalue weighted by molar-refractivity contribution is 7.09. The summed E-state index contributed by atoms with van der Waals surface area (Å²) in [6.45, 7) is 2.91. The van der Waals surface area contributed by atoms with Crippen molar-refractivity contribution in [2.45, 2.75) is 51.2 Å². The molecule has 0 amide bonds. The van der Waals surface area contributed by atoms with E-state index in [1.54, 1.807) is 0 Å². The van der Waals surface area contributed by atoms with Crippen LogP contribution in [0.15, 0.2) is 17.5 Å². The molecule has 0 aromatic carbocycles. The maximum Gasteiger partial charge on any atom is 0.0580 e. The van der Waals surface area contributed by atoms with E-state index in [2.05, 4.69) is 29.9 Å². The molecule has 3 nitrogen and oxygen atoms in total. The summed E-state index contributed by atoms with van der Waals surface area (Å²) in [4.78, 5) is 1.45. The molecule has 1 atom stereocenters. The van der Waals surface area contributed by atoms with Gasteiger partial charge in [-0.05, 0) is 56.4 Å². The van der Waals surface area contributed by atoms with Crippen LogP contribution in [-0.4, -0.2) is 18.8 Å². The third kappa shape index (κ3) is 4.05. The zero-order valence-corrected chi connectivity index (χ0v) is 11.9. The van der Waals surface area contributed by atoms with Crippen molar-refractivity contribution in [1.82, 2.24) is 5.43 Å². The molecule has 0 bridgehead atoms. The fourth-order valence-corrected chi connectivity index (χ4v) is 3.41. The largest absolute Gasteiger partial charge is 0.378 e. The minimum Gasteiger partial charge on any atom is -0.378 e. The highest BCUT2D eigenvalue weighted by Gasteiger charge is 2.30. The highest BCUT2D eigenvalue weighted by Crippen LogP contribution is 2.34. The second-order valence-corrected chi connectivity index (χ2v) is 6.16.